The summed E-state index contributed by atoms with van der Waals surface area (Å²) in [6.07, 6.45) is 3.58. The van der Waals surface area contributed by atoms with Gasteiger partial charge in [0.05, 0.1) is 16.8 Å². The van der Waals surface area contributed by atoms with Gasteiger partial charge in [0.15, 0.2) is 0 Å². The highest BCUT2D eigenvalue weighted by molar-refractivity contribution is 6.35. The van der Waals surface area contributed by atoms with E-state index in [1.54, 1.807) is 6.20 Å². The zero-order valence-electron chi connectivity index (χ0n) is 20.2. The van der Waals surface area contributed by atoms with E-state index in [1.165, 1.54) is 0 Å². The number of likely N-dealkylation sites (N-methyl/N-ethyl adjacent to an activating group) is 1. The van der Waals surface area contributed by atoms with Crippen LogP contribution in [0.4, 0.5) is 5.69 Å². The Bertz CT molecular complexity index is 1240. The molecule has 0 fully saturated rings. The molecule has 1 aliphatic heterocycles. The molecule has 0 saturated heterocycles. The predicted octanol–water partition coefficient (Wildman–Crippen LogP) is 4.26. The standard InChI is InChI=1S/C27H31N5O2/c1-5-32(6-2)14-13-29-27(34)25-17(3)24(30-18(25)4)16-21-20-15-19(22-9-7-8-12-28-22)10-11-23(20)31-26(21)33/h7-12,15-16,30H,5-6,13-14H2,1-4H3,(H,29,34)(H,31,33)/b21-16-. The molecule has 0 radical (unpaired) electrons. The van der Waals surface area contributed by atoms with Crippen molar-refractivity contribution in [3.63, 3.8) is 0 Å². The van der Waals surface area contributed by atoms with Crippen molar-refractivity contribution in [2.75, 3.05) is 31.5 Å². The quantitative estimate of drug-likeness (QED) is 0.441. The van der Waals surface area contributed by atoms with Crippen LogP contribution in [0.1, 0.15) is 46.7 Å². The fourth-order valence-corrected chi connectivity index (χ4v) is 4.38. The van der Waals surface area contributed by atoms with Crippen LogP contribution in [-0.2, 0) is 4.79 Å². The molecule has 7 nitrogen and oxygen atoms in total. The number of pyridine rings is 1. The van der Waals surface area contributed by atoms with Gasteiger partial charge in [0.2, 0.25) is 0 Å². The Morgan fingerprint density at radius 3 is 2.65 bits per heavy atom. The van der Waals surface area contributed by atoms with E-state index in [-0.39, 0.29) is 11.8 Å². The number of anilines is 1. The zero-order chi connectivity index (χ0) is 24.2. The van der Waals surface area contributed by atoms with E-state index in [2.05, 4.69) is 39.3 Å². The number of amides is 2. The van der Waals surface area contributed by atoms with Gasteiger partial charge in [-0.3, -0.25) is 14.6 Å². The second-order valence-corrected chi connectivity index (χ2v) is 8.43. The monoisotopic (exact) mass is 457 g/mol. The van der Waals surface area contributed by atoms with E-state index in [1.807, 2.05) is 56.3 Å². The van der Waals surface area contributed by atoms with Crippen LogP contribution in [0.5, 0.6) is 0 Å². The summed E-state index contributed by atoms with van der Waals surface area (Å²) in [5.74, 6) is -0.262. The SMILES string of the molecule is CCN(CC)CCNC(=O)c1c(C)[nH]c(/C=C2\C(=O)Nc3ccc(-c4ccccn4)cc32)c1C. The van der Waals surface area contributed by atoms with Gasteiger partial charge in [-0.2, -0.15) is 0 Å². The summed E-state index contributed by atoms with van der Waals surface area (Å²) in [4.78, 5) is 35.7. The van der Waals surface area contributed by atoms with E-state index in [9.17, 15) is 9.59 Å². The molecule has 0 saturated carbocycles. The minimum atomic E-state index is -0.162. The van der Waals surface area contributed by atoms with E-state index < -0.39 is 0 Å². The topological polar surface area (TPSA) is 90.1 Å². The number of carbonyl (C=O) groups excluding carboxylic acids is 2. The molecular formula is C27H31N5O2. The van der Waals surface area contributed by atoms with Gasteiger partial charge in [-0.15, -0.1) is 0 Å². The van der Waals surface area contributed by atoms with Crippen LogP contribution < -0.4 is 10.6 Å². The molecule has 0 bridgehead atoms. The maximum Gasteiger partial charge on any atom is 0.256 e. The second kappa shape index (κ2) is 10.1. The number of aryl methyl sites for hydroxylation is 1. The first-order chi connectivity index (χ1) is 16.4. The average Bonchev–Trinajstić information content (AvgIpc) is 3.31. The lowest BCUT2D eigenvalue weighted by molar-refractivity contribution is -0.110. The Kier molecular flexibility index (Phi) is 6.93. The summed E-state index contributed by atoms with van der Waals surface area (Å²) in [5.41, 5.74) is 6.94. The molecule has 3 N–H and O–H groups in total. The number of benzene rings is 1. The lowest BCUT2D eigenvalue weighted by atomic mass is 10.0. The molecule has 1 aliphatic rings. The number of carbonyl (C=O) groups is 2. The van der Waals surface area contributed by atoms with Gasteiger partial charge in [-0.25, -0.2) is 0 Å². The van der Waals surface area contributed by atoms with E-state index in [4.69, 9.17) is 0 Å². The van der Waals surface area contributed by atoms with Crippen LogP contribution in [-0.4, -0.2) is 52.9 Å². The Morgan fingerprint density at radius 1 is 1.15 bits per heavy atom. The maximum atomic E-state index is 12.9. The molecular weight excluding hydrogens is 426 g/mol. The highest BCUT2D eigenvalue weighted by Crippen LogP contribution is 2.36. The summed E-state index contributed by atoms with van der Waals surface area (Å²) < 4.78 is 0. The lowest BCUT2D eigenvalue weighted by Crippen LogP contribution is -2.35. The molecule has 0 aliphatic carbocycles. The Balaban J connectivity index is 1.61. The predicted molar refractivity (Wildman–Crippen MR) is 137 cm³/mol. The smallest absolute Gasteiger partial charge is 0.256 e. The normalized spacial score (nSPS) is 13.9. The van der Waals surface area contributed by atoms with Gasteiger partial charge >= 0.3 is 0 Å². The molecule has 0 atom stereocenters. The lowest BCUT2D eigenvalue weighted by Gasteiger charge is -2.18. The first kappa shape index (κ1) is 23.4. The molecule has 0 spiro atoms. The molecule has 3 heterocycles. The van der Waals surface area contributed by atoms with Crippen molar-refractivity contribution in [1.82, 2.24) is 20.2 Å². The summed E-state index contributed by atoms with van der Waals surface area (Å²) in [6, 6.07) is 11.6. The van der Waals surface area contributed by atoms with Crippen molar-refractivity contribution < 1.29 is 9.59 Å². The first-order valence-electron chi connectivity index (χ1n) is 11.7. The fraction of sp³-hybridized carbons (Fsp3) is 0.296. The molecule has 3 aromatic rings. The van der Waals surface area contributed by atoms with Crippen LogP contribution in [0.2, 0.25) is 0 Å². The molecule has 2 amide bonds. The second-order valence-electron chi connectivity index (χ2n) is 8.43. The van der Waals surface area contributed by atoms with Gasteiger partial charge in [0, 0.05) is 47.5 Å². The number of fused-ring (bicyclic) bond motifs is 1. The number of rotatable bonds is 8. The number of aromatic nitrogens is 2. The highest BCUT2D eigenvalue weighted by atomic mass is 16.2. The zero-order valence-corrected chi connectivity index (χ0v) is 20.2. The highest BCUT2D eigenvalue weighted by Gasteiger charge is 2.26. The first-order valence-corrected chi connectivity index (χ1v) is 11.7. The van der Waals surface area contributed by atoms with Gasteiger partial charge in [-0.05, 0) is 62.8 Å². The largest absolute Gasteiger partial charge is 0.358 e. The van der Waals surface area contributed by atoms with E-state index >= 15 is 0 Å². The Morgan fingerprint density at radius 2 is 1.94 bits per heavy atom. The summed E-state index contributed by atoms with van der Waals surface area (Å²) in [5, 5.41) is 5.96. The van der Waals surface area contributed by atoms with Crippen molar-refractivity contribution in [2.45, 2.75) is 27.7 Å². The number of nitrogens with zero attached hydrogens (tertiary/aromatic N) is 2. The third-order valence-electron chi connectivity index (χ3n) is 6.36. The Labute approximate surface area is 200 Å². The van der Waals surface area contributed by atoms with Crippen LogP contribution in [0.3, 0.4) is 0 Å². The van der Waals surface area contributed by atoms with Gasteiger partial charge in [0.1, 0.15) is 0 Å². The Hall–Kier alpha value is -3.71. The molecule has 0 unspecified atom stereocenters. The third-order valence-corrected chi connectivity index (χ3v) is 6.36. The van der Waals surface area contributed by atoms with Crippen molar-refractivity contribution in [3.05, 3.63) is 70.7 Å². The summed E-state index contributed by atoms with van der Waals surface area (Å²) in [6.45, 7) is 11.3. The summed E-state index contributed by atoms with van der Waals surface area (Å²) in [7, 11) is 0. The molecule has 2 aromatic heterocycles. The van der Waals surface area contributed by atoms with Gasteiger partial charge in [-0.1, -0.05) is 26.0 Å². The van der Waals surface area contributed by atoms with Crippen LogP contribution in [0.25, 0.3) is 22.9 Å². The van der Waals surface area contributed by atoms with Crippen molar-refractivity contribution in [1.29, 1.82) is 0 Å². The number of hydrogen-bond acceptors (Lipinski definition) is 4. The van der Waals surface area contributed by atoms with E-state index in [0.717, 1.165) is 59.1 Å². The van der Waals surface area contributed by atoms with Crippen LogP contribution in [0.15, 0.2) is 42.6 Å². The molecule has 176 valence electrons. The fourth-order valence-electron chi connectivity index (χ4n) is 4.38. The number of nitrogens with one attached hydrogen (secondary N) is 3. The minimum Gasteiger partial charge on any atom is -0.358 e. The number of aromatic amines is 1. The molecule has 1 aromatic carbocycles. The van der Waals surface area contributed by atoms with Crippen molar-refractivity contribution in [2.24, 2.45) is 0 Å². The number of hydrogen-bond donors (Lipinski definition) is 3. The molecule has 7 heteroatoms. The minimum absolute atomic E-state index is 0.100. The van der Waals surface area contributed by atoms with E-state index in [0.29, 0.717) is 17.7 Å². The maximum absolute atomic E-state index is 12.9. The summed E-state index contributed by atoms with van der Waals surface area (Å²) >= 11 is 0. The third kappa shape index (κ3) is 4.65. The number of H-pyrrole nitrogens is 1. The van der Waals surface area contributed by atoms with Crippen molar-refractivity contribution >= 4 is 29.2 Å². The molecule has 34 heavy (non-hydrogen) atoms. The van der Waals surface area contributed by atoms with Crippen LogP contribution in [0, 0.1) is 13.8 Å². The van der Waals surface area contributed by atoms with Crippen molar-refractivity contribution in [3.8, 4) is 11.3 Å². The molecule has 4 rings (SSSR count). The van der Waals surface area contributed by atoms with Gasteiger partial charge in [0.25, 0.3) is 11.8 Å². The average molecular weight is 458 g/mol. The van der Waals surface area contributed by atoms with Gasteiger partial charge < -0.3 is 20.5 Å². The van der Waals surface area contributed by atoms with Crippen LogP contribution >= 0.6 is 0 Å².